The summed E-state index contributed by atoms with van der Waals surface area (Å²) in [5.74, 6) is 0.907. The van der Waals surface area contributed by atoms with Gasteiger partial charge >= 0.3 is 0 Å². The Kier molecular flexibility index (Phi) is 3.97. The van der Waals surface area contributed by atoms with Gasteiger partial charge in [-0.05, 0) is 30.3 Å². The molecule has 0 aliphatic heterocycles. The van der Waals surface area contributed by atoms with E-state index in [4.69, 9.17) is 14.4 Å². The molecule has 3 rings (SSSR count). The topological polar surface area (TPSA) is 101 Å². The smallest absolute Gasteiger partial charge is 0.294 e. The minimum atomic E-state index is -4.17. The van der Waals surface area contributed by atoms with Crippen molar-refractivity contribution >= 4 is 20.9 Å². The Bertz CT molecular complexity index is 887. The molecule has 0 saturated heterocycles. The number of fused-ring (bicyclic) bond motifs is 1. The maximum Gasteiger partial charge on any atom is 0.294 e. The first-order valence-corrected chi connectivity index (χ1v) is 7.26. The zero-order chi connectivity index (χ0) is 15.6. The number of phenols is 1. The van der Waals surface area contributed by atoms with Crippen LogP contribution in [0.3, 0.4) is 0 Å². The first-order chi connectivity index (χ1) is 9.82. The molecule has 3 aromatic carbocycles. The van der Waals surface area contributed by atoms with E-state index in [9.17, 15) is 13.2 Å². The minimum Gasteiger partial charge on any atom is -0.508 e. The third kappa shape index (κ3) is 3.59. The summed E-state index contributed by atoms with van der Waals surface area (Å²) in [6.07, 6.45) is 0. The first kappa shape index (κ1) is 15.0. The molecule has 0 fully saturated rings. The number of hydrogen-bond donors (Lipinski definition) is 2. The molecule has 0 heterocycles. The summed E-state index contributed by atoms with van der Waals surface area (Å²) in [7, 11) is -2.60. The summed E-state index contributed by atoms with van der Waals surface area (Å²) in [6.45, 7) is 0. The van der Waals surface area contributed by atoms with Crippen LogP contribution >= 0.6 is 0 Å². The van der Waals surface area contributed by atoms with Gasteiger partial charge in [0.05, 0.1) is 12.0 Å². The predicted molar refractivity (Wildman–Crippen MR) is 77.1 cm³/mol. The summed E-state index contributed by atoms with van der Waals surface area (Å²) in [6, 6.07) is 10.4. The summed E-state index contributed by atoms with van der Waals surface area (Å²) in [5.41, 5.74) is -0.148. The quantitative estimate of drug-likeness (QED) is 0.699. The van der Waals surface area contributed by atoms with Gasteiger partial charge in [-0.2, -0.15) is 8.42 Å². The van der Waals surface area contributed by atoms with Crippen LogP contribution in [0.2, 0.25) is 0 Å². The highest BCUT2D eigenvalue weighted by Gasteiger charge is 2.16. The van der Waals surface area contributed by atoms with E-state index in [-0.39, 0.29) is 16.1 Å². The maximum atomic E-state index is 10.7. The van der Waals surface area contributed by atoms with Crippen molar-refractivity contribution in [2.75, 3.05) is 7.11 Å². The number of hydrogen-bond acceptors (Lipinski definition) is 5. The number of methoxy groups -OCH3 is 1. The summed E-state index contributed by atoms with van der Waals surface area (Å²) < 4.78 is 34.5. The lowest BCUT2D eigenvalue weighted by atomic mass is 10.3. The molecule has 0 bridgehead atoms. The molecule has 6 nitrogen and oxygen atoms in total. The minimum absolute atomic E-state index is 0.148. The fraction of sp³-hybridized carbons (Fsp3) is 0.0714. The van der Waals surface area contributed by atoms with Crippen LogP contribution in [-0.2, 0) is 10.1 Å². The van der Waals surface area contributed by atoms with Crippen molar-refractivity contribution in [3.8, 4) is 11.5 Å². The van der Waals surface area contributed by atoms with Gasteiger partial charge in [-0.15, -0.1) is 0 Å². The monoisotopic (exact) mass is 308 g/mol. The second kappa shape index (κ2) is 5.55. The van der Waals surface area contributed by atoms with Crippen molar-refractivity contribution in [3.05, 3.63) is 52.7 Å². The first-order valence-electron chi connectivity index (χ1n) is 5.82. The standard InChI is InChI=1S/C7H4O4S.C7H8O2/c8-7-5-2-1-4(3-6(5)7)12(9,10)11;1-9-7-4-2-3-6(8)5-7/h1-3H,(H,9,10,11);2-5,8H,1H3. The second-order valence-corrected chi connectivity index (χ2v) is 5.63. The van der Waals surface area contributed by atoms with Gasteiger partial charge in [0.1, 0.15) is 11.5 Å². The molecule has 0 saturated carbocycles. The Hall–Kier alpha value is -2.38. The number of phenolic OH excluding ortho intramolecular Hbond substituents is 1. The lowest BCUT2D eigenvalue weighted by Crippen LogP contribution is -1.96. The van der Waals surface area contributed by atoms with Crippen molar-refractivity contribution in [2.45, 2.75) is 4.90 Å². The Labute approximate surface area is 120 Å². The molecule has 3 aromatic rings. The van der Waals surface area contributed by atoms with Crippen molar-refractivity contribution in [2.24, 2.45) is 0 Å². The summed E-state index contributed by atoms with van der Waals surface area (Å²) in [4.78, 5) is 10.5. The third-order valence-corrected chi connectivity index (χ3v) is 3.62. The Morgan fingerprint density at radius 2 is 1.76 bits per heavy atom. The van der Waals surface area contributed by atoms with E-state index < -0.39 is 10.1 Å². The van der Waals surface area contributed by atoms with Crippen molar-refractivity contribution in [1.82, 2.24) is 0 Å². The largest absolute Gasteiger partial charge is 0.508 e. The predicted octanol–water partition coefficient (Wildman–Crippen LogP) is 1.72. The molecule has 21 heavy (non-hydrogen) atoms. The number of aromatic hydroxyl groups is 1. The van der Waals surface area contributed by atoms with Gasteiger partial charge in [0.2, 0.25) is 0 Å². The highest BCUT2D eigenvalue weighted by molar-refractivity contribution is 7.85. The van der Waals surface area contributed by atoms with Crippen LogP contribution in [0.25, 0.3) is 10.8 Å². The van der Waals surface area contributed by atoms with Crippen LogP contribution in [0.5, 0.6) is 11.5 Å². The summed E-state index contributed by atoms with van der Waals surface area (Å²) in [5, 5.41) is 9.77. The Morgan fingerprint density at radius 1 is 1.05 bits per heavy atom. The van der Waals surface area contributed by atoms with E-state index in [1.54, 1.807) is 31.4 Å². The van der Waals surface area contributed by atoms with Gasteiger partial charge in [0, 0.05) is 16.8 Å². The zero-order valence-electron chi connectivity index (χ0n) is 11.0. The van der Waals surface area contributed by atoms with Crippen molar-refractivity contribution in [3.63, 3.8) is 0 Å². The van der Waals surface area contributed by atoms with E-state index in [2.05, 4.69) is 0 Å². The van der Waals surface area contributed by atoms with Crippen molar-refractivity contribution in [1.29, 1.82) is 0 Å². The average Bonchev–Trinajstić information content (AvgIpc) is 3.09. The highest BCUT2D eigenvalue weighted by atomic mass is 32.2. The van der Waals surface area contributed by atoms with Crippen LogP contribution < -0.4 is 10.2 Å². The second-order valence-electron chi connectivity index (χ2n) is 4.21. The molecule has 0 unspecified atom stereocenters. The van der Waals surface area contributed by atoms with Crippen LogP contribution in [0.15, 0.2) is 52.2 Å². The van der Waals surface area contributed by atoms with E-state index >= 15 is 0 Å². The number of rotatable bonds is 2. The Morgan fingerprint density at radius 3 is 2.24 bits per heavy atom. The van der Waals surface area contributed by atoms with E-state index in [1.807, 2.05) is 0 Å². The SMILES string of the molecule is COc1cccc(O)c1.O=c1c2ccc(S(=O)(=O)O)cc12. The van der Waals surface area contributed by atoms with E-state index in [0.29, 0.717) is 16.5 Å². The molecular formula is C14H12O6S. The lowest BCUT2D eigenvalue weighted by molar-refractivity contribution is 0.407. The van der Waals surface area contributed by atoms with Crippen molar-refractivity contribution < 1.29 is 22.8 Å². The molecule has 0 radical (unpaired) electrons. The van der Waals surface area contributed by atoms with E-state index in [0.717, 1.165) is 0 Å². The molecule has 0 aromatic heterocycles. The van der Waals surface area contributed by atoms with Crippen LogP contribution in [-0.4, -0.2) is 25.2 Å². The van der Waals surface area contributed by atoms with Gasteiger partial charge in [-0.1, -0.05) is 6.07 Å². The molecule has 110 valence electrons. The van der Waals surface area contributed by atoms with Gasteiger partial charge in [-0.25, -0.2) is 0 Å². The normalized spacial score (nSPS) is 11.1. The molecule has 7 heteroatoms. The third-order valence-electron chi connectivity index (χ3n) is 2.77. The molecule has 0 spiro atoms. The fourth-order valence-corrected chi connectivity index (χ4v) is 2.14. The fourth-order valence-electron chi connectivity index (χ4n) is 1.63. The average molecular weight is 308 g/mol. The molecule has 0 aliphatic carbocycles. The maximum absolute atomic E-state index is 10.7. The molecule has 0 amide bonds. The highest BCUT2D eigenvalue weighted by Crippen LogP contribution is 2.19. The molecule has 0 aliphatic rings. The van der Waals surface area contributed by atoms with Gasteiger partial charge in [0.15, 0.2) is 5.43 Å². The molecule has 0 atom stereocenters. The molecule has 2 N–H and O–H groups in total. The summed E-state index contributed by atoms with van der Waals surface area (Å²) >= 11 is 0. The van der Waals surface area contributed by atoms with E-state index in [1.165, 1.54) is 18.2 Å². The number of ether oxygens (including phenoxy) is 1. The van der Waals surface area contributed by atoms with Gasteiger partial charge in [-0.3, -0.25) is 9.35 Å². The lowest BCUT2D eigenvalue weighted by Gasteiger charge is -1.97. The number of benzene rings is 2. The zero-order valence-corrected chi connectivity index (χ0v) is 11.8. The Balaban J connectivity index is 0.000000161. The van der Waals surface area contributed by atoms with Crippen LogP contribution in [0.4, 0.5) is 0 Å². The van der Waals surface area contributed by atoms with Gasteiger partial charge in [0.25, 0.3) is 10.1 Å². The van der Waals surface area contributed by atoms with Crippen LogP contribution in [0.1, 0.15) is 0 Å². The van der Waals surface area contributed by atoms with Crippen LogP contribution in [0, 0.1) is 0 Å². The molecular weight excluding hydrogens is 296 g/mol. The van der Waals surface area contributed by atoms with Gasteiger partial charge < -0.3 is 9.84 Å².